The van der Waals surface area contributed by atoms with Gasteiger partial charge in [-0.3, -0.25) is 0 Å². The first-order valence-corrected chi connectivity index (χ1v) is 10.6. The highest BCUT2D eigenvalue weighted by molar-refractivity contribution is 5.93. The maximum atomic E-state index is 11.0. The second kappa shape index (κ2) is 13.7. The Balaban J connectivity index is 1.70. The van der Waals surface area contributed by atoms with Crippen molar-refractivity contribution in [2.24, 2.45) is 0 Å². The molecule has 0 aliphatic carbocycles. The highest BCUT2D eigenvalue weighted by atomic mass is 16.7. The number of hydrogen-bond acceptors (Lipinski definition) is 3. The van der Waals surface area contributed by atoms with Crippen LogP contribution >= 0.6 is 0 Å². The summed E-state index contributed by atoms with van der Waals surface area (Å²) in [4.78, 5) is 11.0. The number of carbonyl (C=O) groups is 1. The van der Waals surface area contributed by atoms with Crippen molar-refractivity contribution in [3.63, 3.8) is 0 Å². The van der Waals surface area contributed by atoms with Gasteiger partial charge in [0.2, 0.25) is 5.60 Å². The minimum absolute atomic E-state index is 0.148. The number of cyclic esters (lactones) is 1. The van der Waals surface area contributed by atoms with E-state index in [1.165, 1.54) is 89.9 Å². The number of unbranched alkanes of at least 4 members (excludes halogenated alkanes) is 15. The molecule has 142 valence electrons. The Hall–Kier alpha value is -0.570. The van der Waals surface area contributed by atoms with Gasteiger partial charge in [-0.1, -0.05) is 103 Å². The minimum atomic E-state index is -0.796. The van der Waals surface area contributed by atoms with E-state index in [4.69, 9.17) is 9.84 Å². The molecule has 1 atom stereocenters. The predicted molar refractivity (Wildman–Crippen MR) is 100 cm³/mol. The maximum Gasteiger partial charge on any atom is 0.354 e. The molecule has 1 saturated heterocycles. The highest BCUT2D eigenvalue weighted by Gasteiger charge is 2.56. The van der Waals surface area contributed by atoms with E-state index in [1.54, 1.807) is 0 Å². The first-order valence-electron chi connectivity index (χ1n) is 10.6. The number of rotatable bonds is 18. The van der Waals surface area contributed by atoms with E-state index in [0.717, 1.165) is 12.8 Å². The first-order chi connectivity index (χ1) is 11.7. The number of aliphatic hydroxyl groups excluding tert-OH is 1. The number of aliphatic hydroxyl groups is 1. The molecule has 0 aromatic rings. The monoisotopic (exact) mass is 340 g/mol. The topological polar surface area (TPSA) is 49.8 Å². The predicted octanol–water partition coefficient (Wildman–Crippen LogP) is 5.93. The third kappa shape index (κ3) is 9.66. The zero-order valence-corrected chi connectivity index (χ0v) is 16.0. The van der Waals surface area contributed by atoms with E-state index in [9.17, 15) is 4.79 Å². The lowest BCUT2D eigenvalue weighted by Crippen LogP contribution is -2.18. The molecule has 0 radical (unpaired) electrons. The Morgan fingerprint density at radius 3 is 1.33 bits per heavy atom. The molecule has 0 spiro atoms. The Labute approximate surface area is 149 Å². The van der Waals surface area contributed by atoms with E-state index >= 15 is 0 Å². The molecule has 0 aromatic carbocycles. The second-order valence-corrected chi connectivity index (χ2v) is 7.60. The van der Waals surface area contributed by atoms with Crippen LogP contribution in [-0.4, -0.2) is 23.3 Å². The summed E-state index contributed by atoms with van der Waals surface area (Å²) < 4.78 is 4.89. The van der Waals surface area contributed by atoms with Crippen LogP contribution in [0.4, 0.5) is 0 Å². The van der Waals surface area contributed by atoms with Crippen LogP contribution in [0.5, 0.6) is 0 Å². The zero-order chi connectivity index (χ0) is 17.5. The molecule has 0 aromatic heterocycles. The average Bonchev–Trinajstić information content (AvgIpc) is 3.24. The normalized spacial score (nSPS) is 19.5. The molecule has 1 aliphatic heterocycles. The van der Waals surface area contributed by atoms with Crippen LogP contribution in [0.3, 0.4) is 0 Å². The Bertz CT molecular complexity index is 316. The molecule has 0 bridgehead atoms. The summed E-state index contributed by atoms with van der Waals surface area (Å²) >= 11 is 0. The zero-order valence-electron chi connectivity index (χ0n) is 16.0. The molecule has 0 saturated carbocycles. The van der Waals surface area contributed by atoms with E-state index in [2.05, 4.69) is 6.92 Å². The van der Waals surface area contributed by atoms with Gasteiger partial charge in [0.25, 0.3) is 0 Å². The molecule has 3 nitrogen and oxygen atoms in total. The second-order valence-electron chi connectivity index (χ2n) is 7.60. The molecule has 1 aliphatic rings. The van der Waals surface area contributed by atoms with Gasteiger partial charge < -0.3 is 9.84 Å². The summed E-state index contributed by atoms with van der Waals surface area (Å²) in [6.07, 6.45) is 22.3. The van der Waals surface area contributed by atoms with Gasteiger partial charge in [0.1, 0.15) is 0 Å². The molecule has 0 amide bonds. The van der Waals surface area contributed by atoms with Crippen molar-refractivity contribution in [3.05, 3.63) is 0 Å². The lowest BCUT2D eigenvalue weighted by molar-refractivity contribution is -0.117. The fraction of sp³-hybridized carbons (Fsp3) is 0.952. The van der Waals surface area contributed by atoms with Crippen LogP contribution in [0.1, 0.15) is 116 Å². The van der Waals surface area contributed by atoms with Crippen LogP contribution in [0, 0.1) is 0 Å². The lowest BCUT2D eigenvalue weighted by Gasteiger charge is -2.05. The largest absolute Gasteiger partial charge is 0.441 e. The SMILES string of the molecule is CCCCCCCCCCCCCCCCCC[C@]1(CO)OC1=O. The molecule has 24 heavy (non-hydrogen) atoms. The quantitative estimate of drug-likeness (QED) is 0.249. The smallest absolute Gasteiger partial charge is 0.354 e. The summed E-state index contributed by atoms with van der Waals surface area (Å²) in [7, 11) is 0. The number of hydrogen-bond donors (Lipinski definition) is 1. The summed E-state index contributed by atoms with van der Waals surface area (Å²) in [6, 6.07) is 0. The summed E-state index contributed by atoms with van der Waals surface area (Å²) in [5, 5.41) is 9.11. The van der Waals surface area contributed by atoms with Crippen molar-refractivity contribution in [3.8, 4) is 0 Å². The number of ether oxygens (including phenoxy) is 1. The summed E-state index contributed by atoms with van der Waals surface area (Å²) in [5.41, 5.74) is -0.796. The van der Waals surface area contributed by atoms with Gasteiger partial charge in [0.05, 0.1) is 6.61 Å². The van der Waals surface area contributed by atoms with Gasteiger partial charge in [0, 0.05) is 6.42 Å². The fourth-order valence-corrected chi connectivity index (χ4v) is 3.44. The van der Waals surface area contributed by atoms with Gasteiger partial charge in [-0.15, -0.1) is 0 Å². The standard InChI is InChI=1S/C21H40O3/c1-2-3-4-5-6-7-8-9-10-11-12-13-14-15-16-17-18-21(19-22)20(23)24-21/h22H,2-19H2,1H3/t21-/m1/s1. The average molecular weight is 341 g/mol. The van der Waals surface area contributed by atoms with Gasteiger partial charge in [0.15, 0.2) is 0 Å². The Morgan fingerprint density at radius 1 is 0.708 bits per heavy atom. The van der Waals surface area contributed by atoms with Crippen molar-refractivity contribution in [1.29, 1.82) is 0 Å². The van der Waals surface area contributed by atoms with Crippen LogP contribution < -0.4 is 0 Å². The van der Waals surface area contributed by atoms with E-state index in [1.807, 2.05) is 0 Å². The molecule has 1 N–H and O–H groups in total. The molecular weight excluding hydrogens is 300 g/mol. The minimum Gasteiger partial charge on any atom is -0.441 e. The molecule has 1 heterocycles. The molecular formula is C21H40O3. The van der Waals surface area contributed by atoms with Crippen LogP contribution in [-0.2, 0) is 9.53 Å². The summed E-state index contributed by atoms with van der Waals surface area (Å²) in [6.45, 7) is 2.13. The van der Waals surface area contributed by atoms with Crippen LogP contribution in [0.25, 0.3) is 0 Å². The Morgan fingerprint density at radius 2 is 1.04 bits per heavy atom. The first kappa shape index (κ1) is 21.5. The van der Waals surface area contributed by atoms with Crippen molar-refractivity contribution in [2.45, 2.75) is 122 Å². The van der Waals surface area contributed by atoms with Crippen LogP contribution in [0.2, 0.25) is 0 Å². The summed E-state index contributed by atoms with van der Waals surface area (Å²) in [5.74, 6) is -0.217. The Kier molecular flexibility index (Phi) is 12.2. The van der Waals surface area contributed by atoms with Gasteiger partial charge in [-0.2, -0.15) is 0 Å². The van der Waals surface area contributed by atoms with Gasteiger partial charge >= 0.3 is 5.97 Å². The van der Waals surface area contributed by atoms with Crippen molar-refractivity contribution >= 4 is 5.97 Å². The lowest BCUT2D eigenvalue weighted by atomic mass is 10.0. The third-order valence-electron chi connectivity index (χ3n) is 5.31. The van der Waals surface area contributed by atoms with Gasteiger partial charge in [-0.05, 0) is 6.42 Å². The van der Waals surface area contributed by atoms with E-state index < -0.39 is 5.60 Å². The molecule has 3 heteroatoms. The van der Waals surface area contributed by atoms with Crippen molar-refractivity contribution in [1.82, 2.24) is 0 Å². The van der Waals surface area contributed by atoms with E-state index in [0.29, 0.717) is 6.42 Å². The molecule has 0 unspecified atom stereocenters. The number of carbonyl (C=O) groups excluding carboxylic acids is 1. The maximum absolute atomic E-state index is 11.0. The van der Waals surface area contributed by atoms with E-state index in [-0.39, 0.29) is 12.6 Å². The number of epoxide rings is 1. The fourth-order valence-electron chi connectivity index (χ4n) is 3.44. The highest BCUT2D eigenvalue weighted by Crippen LogP contribution is 2.34. The van der Waals surface area contributed by atoms with Crippen molar-refractivity contribution < 1.29 is 14.6 Å². The molecule has 1 fully saturated rings. The van der Waals surface area contributed by atoms with Crippen molar-refractivity contribution in [2.75, 3.05) is 6.61 Å². The molecule has 1 rings (SSSR count). The third-order valence-corrected chi connectivity index (χ3v) is 5.31. The van der Waals surface area contributed by atoms with Gasteiger partial charge in [-0.25, -0.2) is 4.79 Å². The van der Waals surface area contributed by atoms with Crippen LogP contribution in [0.15, 0.2) is 0 Å².